The minimum Gasteiger partial charge on any atom is -0.304 e. The first-order valence-electron chi connectivity index (χ1n) is 5.91. The van der Waals surface area contributed by atoms with Crippen LogP contribution in [0.2, 0.25) is 0 Å². The molecule has 0 bridgehead atoms. The summed E-state index contributed by atoms with van der Waals surface area (Å²) in [6, 6.07) is 0.496. The Kier molecular flexibility index (Phi) is 3.33. The molecule has 1 aliphatic heterocycles. The van der Waals surface area contributed by atoms with Gasteiger partial charge in [0.1, 0.15) is 5.01 Å². The van der Waals surface area contributed by atoms with Crippen LogP contribution in [-0.4, -0.2) is 36.1 Å². The van der Waals surface area contributed by atoms with E-state index in [1.807, 2.05) is 0 Å². The topological polar surface area (TPSA) is 28.2 Å². The maximum Gasteiger partial charge on any atom is 0.114 e. The Morgan fingerprint density at radius 1 is 1.56 bits per heavy atom. The highest BCUT2D eigenvalue weighted by Crippen LogP contribution is 2.33. The molecule has 1 aromatic heterocycles. The molecule has 1 fully saturated rings. The van der Waals surface area contributed by atoms with Gasteiger partial charge in [-0.15, -0.1) is 11.3 Å². The van der Waals surface area contributed by atoms with Gasteiger partial charge in [0.2, 0.25) is 0 Å². The van der Waals surface area contributed by atoms with E-state index >= 15 is 0 Å². The summed E-state index contributed by atoms with van der Waals surface area (Å²) in [7, 11) is 2.18. The fraction of sp³-hybridized carbons (Fsp3) is 0.750. The Bertz CT molecular complexity index is 361. The molecule has 0 radical (unpaired) electrons. The Morgan fingerprint density at radius 2 is 2.31 bits per heavy atom. The summed E-state index contributed by atoms with van der Waals surface area (Å²) >= 11 is 1.79. The highest BCUT2D eigenvalue weighted by molar-refractivity contribution is 7.09. The number of nitrogens with zero attached hydrogens (tertiary/aromatic N) is 2. The van der Waals surface area contributed by atoms with Crippen LogP contribution in [0.5, 0.6) is 0 Å². The van der Waals surface area contributed by atoms with Gasteiger partial charge in [0.15, 0.2) is 0 Å². The van der Waals surface area contributed by atoms with Crippen LogP contribution >= 0.6 is 11.3 Å². The molecule has 1 saturated heterocycles. The fourth-order valence-electron chi connectivity index (χ4n) is 2.48. The third kappa shape index (κ3) is 2.29. The van der Waals surface area contributed by atoms with Gasteiger partial charge in [-0.05, 0) is 34.2 Å². The van der Waals surface area contributed by atoms with Crippen molar-refractivity contribution >= 4 is 11.3 Å². The van der Waals surface area contributed by atoms with Gasteiger partial charge < -0.3 is 10.2 Å². The highest BCUT2D eigenvalue weighted by atomic mass is 32.1. The lowest BCUT2D eigenvalue weighted by Crippen LogP contribution is -2.47. The smallest absolute Gasteiger partial charge is 0.114 e. The van der Waals surface area contributed by atoms with Gasteiger partial charge in [-0.1, -0.05) is 0 Å². The number of thiazole rings is 1. The first-order valence-corrected chi connectivity index (χ1v) is 6.79. The average molecular weight is 239 g/mol. The van der Waals surface area contributed by atoms with E-state index in [2.05, 4.69) is 48.4 Å². The largest absolute Gasteiger partial charge is 0.304 e. The molecule has 3 nitrogen and oxygen atoms in total. The van der Waals surface area contributed by atoms with Crippen molar-refractivity contribution in [1.29, 1.82) is 0 Å². The van der Waals surface area contributed by atoms with Gasteiger partial charge in [-0.25, -0.2) is 4.98 Å². The quantitative estimate of drug-likeness (QED) is 0.874. The molecule has 0 aromatic carbocycles. The second-order valence-electron chi connectivity index (χ2n) is 5.16. The number of aromatic nitrogens is 1. The van der Waals surface area contributed by atoms with E-state index in [0.717, 1.165) is 25.2 Å². The van der Waals surface area contributed by atoms with Crippen molar-refractivity contribution in [2.45, 2.75) is 38.8 Å². The average Bonchev–Trinajstić information content (AvgIpc) is 2.73. The molecule has 90 valence electrons. The van der Waals surface area contributed by atoms with Crippen molar-refractivity contribution < 1.29 is 0 Å². The molecule has 0 aliphatic carbocycles. The first kappa shape index (κ1) is 12.0. The normalized spacial score (nSPS) is 26.8. The van der Waals surface area contributed by atoms with Gasteiger partial charge in [-0.2, -0.15) is 0 Å². The summed E-state index contributed by atoms with van der Waals surface area (Å²) in [5, 5.41) is 7.12. The summed E-state index contributed by atoms with van der Waals surface area (Å²) in [5.41, 5.74) is 1.22. The molecular weight excluding hydrogens is 218 g/mol. The van der Waals surface area contributed by atoms with Gasteiger partial charge in [0.25, 0.3) is 0 Å². The minimum atomic E-state index is 0.0852. The summed E-state index contributed by atoms with van der Waals surface area (Å²) in [4.78, 5) is 7.06. The molecule has 1 aliphatic rings. The van der Waals surface area contributed by atoms with Crippen LogP contribution in [0, 0.1) is 6.92 Å². The van der Waals surface area contributed by atoms with Crippen LogP contribution in [0.4, 0.5) is 0 Å². The maximum atomic E-state index is 4.68. The lowest BCUT2D eigenvalue weighted by atomic mass is 9.98. The van der Waals surface area contributed by atoms with Crippen molar-refractivity contribution in [2.75, 3.05) is 20.1 Å². The zero-order valence-corrected chi connectivity index (χ0v) is 11.4. The zero-order chi connectivity index (χ0) is 11.8. The number of hydrogen-bond acceptors (Lipinski definition) is 4. The maximum absolute atomic E-state index is 4.68. The van der Waals surface area contributed by atoms with E-state index in [1.54, 1.807) is 11.3 Å². The van der Waals surface area contributed by atoms with E-state index in [0.29, 0.717) is 6.04 Å². The standard InChI is InChI=1S/C12H21N3S/c1-9(2)14-12(5-6-15(4)8-12)11-13-10(3)7-16-11/h7,9,14H,5-6,8H2,1-4H3. The van der Waals surface area contributed by atoms with E-state index in [9.17, 15) is 0 Å². The molecule has 1 N–H and O–H groups in total. The summed E-state index contributed by atoms with van der Waals surface area (Å²) < 4.78 is 0. The molecule has 16 heavy (non-hydrogen) atoms. The van der Waals surface area contributed by atoms with E-state index in [4.69, 9.17) is 0 Å². The SMILES string of the molecule is Cc1csc(C2(NC(C)C)CCN(C)C2)n1. The van der Waals surface area contributed by atoms with Gasteiger partial charge in [0.05, 0.1) is 5.54 Å². The molecule has 1 atom stereocenters. The number of likely N-dealkylation sites (tertiary alicyclic amines) is 1. The lowest BCUT2D eigenvalue weighted by Gasteiger charge is -2.30. The van der Waals surface area contributed by atoms with Crippen LogP contribution in [0.25, 0.3) is 0 Å². The zero-order valence-electron chi connectivity index (χ0n) is 10.6. The molecule has 0 spiro atoms. The number of hydrogen-bond donors (Lipinski definition) is 1. The minimum absolute atomic E-state index is 0.0852. The molecule has 4 heteroatoms. The van der Waals surface area contributed by atoms with Crippen molar-refractivity contribution in [3.05, 3.63) is 16.1 Å². The molecule has 2 rings (SSSR count). The fourth-order valence-corrected chi connectivity index (χ4v) is 3.46. The molecular formula is C12H21N3S. The number of likely N-dealkylation sites (N-methyl/N-ethyl adjacent to an activating group) is 1. The third-order valence-electron chi connectivity index (χ3n) is 3.05. The van der Waals surface area contributed by atoms with Gasteiger partial charge in [-0.3, -0.25) is 0 Å². The van der Waals surface area contributed by atoms with Crippen molar-refractivity contribution in [3.8, 4) is 0 Å². The van der Waals surface area contributed by atoms with Crippen LogP contribution in [0.1, 0.15) is 31.0 Å². The number of rotatable bonds is 3. The number of nitrogens with one attached hydrogen (secondary N) is 1. The molecule has 0 amide bonds. The number of aryl methyl sites for hydroxylation is 1. The monoisotopic (exact) mass is 239 g/mol. The molecule has 1 unspecified atom stereocenters. The second-order valence-corrected chi connectivity index (χ2v) is 6.02. The Morgan fingerprint density at radius 3 is 2.75 bits per heavy atom. The summed E-state index contributed by atoms with van der Waals surface area (Å²) in [5.74, 6) is 0. The third-order valence-corrected chi connectivity index (χ3v) is 4.22. The summed E-state index contributed by atoms with van der Waals surface area (Å²) in [6.45, 7) is 8.71. The molecule has 0 saturated carbocycles. The highest BCUT2D eigenvalue weighted by Gasteiger charge is 2.40. The van der Waals surface area contributed by atoms with E-state index < -0.39 is 0 Å². The van der Waals surface area contributed by atoms with Gasteiger partial charge in [0, 0.05) is 30.2 Å². The van der Waals surface area contributed by atoms with Crippen LogP contribution < -0.4 is 5.32 Å². The molecule has 1 aromatic rings. The van der Waals surface area contributed by atoms with Crippen molar-refractivity contribution in [3.63, 3.8) is 0 Å². The van der Waals surface area contributed by atoms with Crippen molar-refractivity contribution in [1.82, 2.24) is 15.2 Å². The van der Waals surface area contributed by atoms with E-state index in [1.165, 1.54) is 5.01 Å². The van der Waals surface area contributed by atoms with Crippen molar-refractivity contribution in [2.24, 2.45) is 0 Å². The predicted octanol–water partition coefficient (Wildman–Crippen LogP) is 1.98. The first-order chi connectivity index (χ1) is 7.52. The Labute approximate surface area is 102 Å². The lowest BCUT2D eigenvalue weighted by molar-refractivity contribution is 0.294. The van der Waals surface area contributed by atoms with Crippen LogP contribution in [0.3, 0.4) is 0 Å². The van der Waals surface area contributed by atoms with Gasteiger partial charge >= 0.3 is 0 Å². The molecule has 2 heterocycles. The predicted molar refractivity (Wildman–Crippen MR) is 68.9 cm³/mol. The Hall–Kier alpha value is -0.450. The Balaban J connectivity index is 2.27. The second kappa shape index (κ2) is 4.43. The van der Waals surface area contributed by atoms with Crippen LogP contribution in [0.15, 0.2) is 5.38 Å². The van der Waals surface area contributed by atoms with Crippen LogP contribution in [-0.2, 0) is 5.54 Å². The summed E-state index contributed by atoms with van der Waals surface area (Å²) in [6.07, 6.45) is 1.16. The van der Waals surface area contributed by atoms with E-state index in [-0.39, 0.29) is 5.54 Å².